The lowest BCUT2D eigenvalue weighted by molar-refractivity contribution is 0.669. The summed E-state index contributed by atoms with van der Waals surface area (Å²) in [6, 6.07) is 58.0. The van der Waals surface area contributed by atoms with E-state index in [0.29, 0.717) is 0 Å². The fourth-order valence-corrected chi connectivity index (χ4v) is 5.93. The van der Waals surface area contributed by atoms with Crippen LogP contribution in [0.3, 0.4) is 0 Å². The highest BCUT2D eigenvalue weighted by Gasteiger charge is 2.15. The van der Waals surface area contributed by atoms with Crippen LogP contribution in [0.15, 0.2) is 168 Å². The molecule has 1 heterocycles. The third kappa shape index (κ3) is 4.31. The molecule has 0 fully saturated rings. The van der Waals surface area contributed by atoms with Crippen molar-refractivity contribution in [1.82, 2.24) is 0 Å². The number of benzene rings is 7. The summed E-state index contributed by atoms with van der Waals surface area (Å²) in [4.78, 5) is 2.32. The van der Waals surface area contributed by atoms with Crippen molar-refractivity contribution in [3.63, 3.8) is 0 Å². The lowest BCUT2D eigenvalue weighted by Gasteiger charge is -2.26. The van der Waals surface area contributed by atoms with Crippen LogP contribution in [-0.2, 0) is 0 Å². The molecule has 0 spiro atoms. The van der Waals surface area contributed by atoms with Gasteiger partial charge in [-0.05, 0) is 87.6 Å². The average Bonchev–Trinajstić information content (AvgIpc) is 3.42. The Kier molecular flexibility index (Phi) is 5.82. The second kappa shape index (κ2) is 10.1. The van der Waals surface area contributed by atoms with E-state index in [0.717, 1.165) is 44.4 Å². The van der Waals surface area contributed by atoms with E-state index < -0.39 is 0 Å². The molecule has 0 aliphatic rings. The predicted octanol–water partition coefficient (Wildman–Crippen LogP) is 11.5. The third-order valence-corrected chi connectivity index (χ3v) is 8.02. The maximum atomic E-state index is 6.22. The topological polar surface area (TPSA) is 16.4 Å². The van der Waals surface area contributed by atoms with Gasteiger partial charge in [0.1, 0.15) is 11.2 Å². The lowest BCUT2D eigenvalue weighted by Crippen LogP contribution is -2.09. The van der Waals surface area contributed by atoms with Crippen molar-refractivity contribution in [1.29, 1.82) is 0 Å². The van der Waals surface area contributed by atoms with E-state index in [1.807, 2.05) is 12.1 Å². The van der Waals surface area contributed by atoms with Crippen molar-refractivity contribution in [3.05, 3.63) is 164 Å². The third-order valence-electron chi connectivity index (χ3n) is 8.02. The molecule has 42 heavy (non-hydrogen) atoms. The van der Waals surface area contributed by atoms with Crippen LogP contribution in [0.2, 0.25) is 0 Å². The molecule has 0 aliphatic heterocycles. The summed E-state index contributed by atoms with van der Waals surface area (Å²) < 4.78 is 6.22. The Labute approximate surface area is 244 Å². The molecule has 7 aromatic carbocycles. The van der Waals surface area contributed by atoms with Gasteiger partial charge < -0.3 is 9.32 Å². The lowest BCUT2D eigenvalue weighted by atomic mass is 9.99. The zero-order valence-electron chi connectivity index (χ0n) is 22.9. The fourth-order valence-electron chi connectivity index (χ4n) is 5.93. The molecule has 0 atom stereocenters. The van der Waals surface area contributed by atoms with Gasteiger partial charge in [-0.3, -0.25) is 0 Å². The molecular formula is C40H27NO. The molecule has 0 saturated heterocycles. The van der Waals surface area contributed by atoms with Crippen LogP contribution < -0.4 is 4.90 Å². The van der Waals surface area contributed by atoms with Gasteiger partial charge in [-0.15, -0.1) is 0 Å². The van der Waals surface area contributed by atoms with Crippen molar-refractivity contribution in [2.75, 3.05) is 4.90 Å². The van der Waals surface area contributed by atoms with E-state index in [4.69, 9.17) is 4.42 Å². The van der Waals surface area contributed by atoms with Crippen molar-refractivity contribution in [2.45, 2.75) is 0 Å². The fraction of sp³-hybridized carbons (Fsp3) is 0. The van der Waals surface area contributed by atoms with Gasteiger partial charge in [0.25, 0.3) is 0 Å². The molecule has 0 aliphatic carbocycles. The first-order valence-electron chi connectivity index (χ1n) is 14.3. The number of anilines is 3. The summed E-state index contributed by atoms with van der Waals surface area (Å²) in [5, 5.41) is 4.64. The average molecular weight is 538 g/mol. The number of hydrogen-bond acceptors (Lipinski definition) is 2. The van der Waals surface area contributed by atoms with Crippen molar-refractivity contribution in [3.8, 4) is 22.3 Å². The highest BCUT2D eigenvalue weighted by atomic mass is 16.3. The quantitative estimate of drug-likeness (QED) is 0.217. The summed E-state index contributed by atoms with van der Waals surface area (Å²) in [7, 11) is 0. The molecule has 8 aromatic rings. The molecule has 2 heteroatoms. The molecule has 0 unspecified atom stereocenters. The number of hydrogen-bond donors (Lipinski definition) is 0. The van der Waals surface area contributed by atoms with Gasteiger partial charge in [-0.2, -0.15) is 0 Å². The molecule has 0 radical (unpaired) electrons. The van der Waals surface area contributed by atoms with Crippen LogP contribution >= 0.6 is 0 Å². The second-order valence-electron chi connectivity index (χ2n) is 10.6. The maximum absolute atomic E-state index is 6.22. The van der Waals surface area contributed by atoms with Gasteiger partial charge in [0.2, 0.25) is 0 Å². The maximum Gasteiger partial charge on any atom is 0.136 e. The van der Waals surface area contributed by atoms with E-state index in [-0.39, 0.29) is 0 Å². The summed E-state index contributed by atoms with van der Waals surface area (Å²) in [6.45, 7) is 0. The van der Waals surface area contributed by atoms with Gasteiger partial charge in [-0.25, -0.2) is 0 Å². The van der Waals surface area contributed by atoms with E-state index >= 15 is 0 Å². The first-order valence-corrected chi connectivity index (χ1v) is 14.3. The van der Waals surface area contributed by atoms with Gasteiger partial charge in [0.05, 0.1) is 0 Å². The normalized spacial score (nSPS) is 11.3. The Bertz CT molecular complexity index is 2180. The number of para-hydroxylation sites is 2. The summed E-state index contributed by atoms with van der Waals surface area (Å²) in [5.74, 6) is 0. The van der Waals surface area contributed by atoms with Crippen LogP contribution in [0.1, 0.15) is 0 Å². The number of furan rings is 1. The van der Waals surface area contributed by atoms with Crippen LogP contribution in [0.25, 0.3) is 55.0 Å². The zero-order chi connectivity index (χ0) is 27.9. The molecular weight excluding hydrogens is 510 g/mol. The van der Waals surface area contributed by atoms with Gasteiger partial charge in [-0.1, -0.05) is 109 Å². The minimum atomic E-state index is 0.910. The minimum Gasteiger partial charge on any atom is -0.456 e. The Morgan fingerprint density at radius 1 is 0.333 bits per heavy atom. The van der Waals surface area contributed by atoms with Crippen LogP contribution in [0.4, 0.5) is 17.1 Å². The van der Waals surface area contributed by atoms with Crippen LogP contribution in [-0.4, -0.2) is 0 Å². The first kappa shape index (κ1) is 24.2. The van der Waals surface area contributed by atoms with Crippen LogP contribution in [0.5, 0.6) is 0 Å². The van der Waals surface area contributed by atoms with Crippen molar-refractivity contribution >= 4 is 49.8 Å². The molecule has 0 bridgehead atoms. The Hall–Kier alpha value is -5.60. The Balaban J connectivity index is 1.22. The predicted molar refractivity (Wildman–Crippen MR) is 177 cm³/mol. The SMILES string of the molecule is c1ccc(-c2ccc(-c3cccc(N(c4ccccc4)c4ccc5cc6c(cc5c4)oc4ccccc46)c3)cc2)cc1. The standard InChI is InChI=1S/C40H27NO/c1-3-10-28(11-4-1)29-18-20-30(21-19-29)31-12-9-15-35(24-31)41(34-13-5-2-6-14-34)36-23-22-32-26-38-37-16-7-8-17-39(37)42-40(38)27-33(32)25-36/h1-27H. The minimum absolute atomic E-state index is 0.910. The molecule has 2 nitrogen and oxygen atoms in total. The molecule has 8 rings (SSSR count). The molecule has 1 aromatic heterocycles. The first-order chi connectivity index (χ1) is 20.8. The van der Waals surface area contributed by atoms with E-state index in [1.54, 1.807) is 0 Å². The van der Waals surface area contributed by atoms with Crippen molar-refractivity contribution in [2.24, 2.45) is 0 Å². The second-order valence-corrected chi connectivity index (χ2v) is 10.6. The molecule has 198 valence electrons. The van der Waals surface area contributed by atoms with Crippen molar-refractivity contribution < 1.29 is 4.42 Å². The van der Waals surface area contributed by atoms with Gasteiger partial charge in [0, 0.05) is 27.8 Å². The monoisotopic (exact) mass is 537 g/mol. The molecule has 0 amide bonds. The van der Waals surface area contributed by atoms with E-state index in [1.165, 1.54) is 27.6 Å². The Morgan fingerprint density at radius 3 is 1.76 bits per heavy atom. The van der Waals surface area contributed by atoms with Gasteiger partial charge in [0.15, 0.2) is 0 Å². The summed E-state index contributed by atoms with van der Waals surface area (Å²) >= 11 is 0. The summed E-state index contributed by atoms with van der Waals surface area (Å²) in [5.41, 5.74) is 9.96. The molecule has 0 N–H and O–H groups in total. The van der Waals surface area contributed by atoms with Crippen LogP contribution in [0, 0.1) is 0 Å². The zero-order valence-corrected chi connectivity index (χ0v) is 22.9. The van der Waals surface area contributed by atoms with Gasteiger partial charge >= 0.3 is 0 Å². The Morgan fingerprint density at radius 2 is 0.952 bits per heavy atom. The number of rotatable bonds is 5. The largest absolute Gasteiger partial charge is 0.456 e. The summed E-state index contributed by atoms with van der Waals surface area (Å²) in [6.07, 6.45) is 0. The molecule has 0 saturated carbocycles. The number of fused-ring (bicyclic) bond motifs is 4. The smallest absolute Gasteiger partial charge is 0.136 e. The van der Waals surface area contributed by atoms with E-state index in [2.05, 4.69) is 157 Å². The highest BCUT2D eigenvalue weighted by Crippen LogP contribution is 2.39. The highest BCUT2D eigenvalue weighted by molar-refractivity contribution is 6.10. The number of nitrogens with zero attached hydrogens (tertiary/aromatic N) is 1. The van der Waals surface area contributed by atoms with E-state index in [9.17, 15) is 0 Å².